The highest BCUT2D eigenvalue weighted by atomic mass is 16.6. The van der Waals surface area contributed by atoms with Crippen molar-refractivity contribution >= 4 is 11.5 Å². The molecule has 2 rings (SSSR count). The first-order valence-corrected chi connectivity index (χ1v) is 6.79. The largest absolute Gasteiger partial charge is 0.374 e. The Balaban J connectivity index is 2.00. The molecule has 1 aliphatic rings. The molecular weight excluding hydrogens is 260 g/mol. The lowest BCUT2D eigenvalue weighted by Gasteiger charge is -2.32. The molecule has 0 saturated carbocycles. The van der Waals surface area contributed by atoms with Crippen LogP contribution in [0.1, 0.15) is 12.5 Å². The second-order valence-electron chi connectivity index (χ2n) is 4.85. The zero-order valence-corrected chi connectivity index (χ0v) is 11.8. The van der Waals surface area contributed by atoms with Crippen molar-refractivity contribution in [2.24, 2.45) is 0 Å². The topological polar surface area (TPSA) is 80.5 Å². The molecule has 20 heavy (non-hydrogen) atoms. The summed E-state index contributed by atoms with van der Waals surface area (Å²) >= 11 is 0. The highest BCUT2D eigenvalue weighted by molar-refractivity contribution is 5.59. The Kier molecular flexibility index (Phi) is 4.86. The lowest BCUT2D eigenvalue weighted by molar-refractivity contribution is -0.384. The molecule has 1 aromatic rings. The molecule has 0 aliphatic carbocycles. The molecule has 7 heteroatoms. The van der Waals surface area contributed by atoms with Crippen molar-refractivity contribution in [2.75, 3.05) is 38.1 Å². The van der Waals surface area contributed by atoms with Crippen molar-refractivity contribution in [1.29, 1.82) is 0 Å². The maximum absolute atomic E-state index is 11.1. The number of anilines is 1. The number of ether oxygens (including phenoxy) is 1. The molecule has 0 aromatic carbocycles. The first-order valence-electron chi connectivity index (χ1n) is 6.79. The normalized spacial score (nSPS) is 19.8. The first kappa shape index (κ1) is 14.7. The summed E-state index contributed by atoms with van der Waals surface area (Å²) in [6.07, 6.45) is 1.61. The number of pyridine rings is 1. The van der Waals surface area contributed by atoms with Gasteiger partial charge in [0.15, 0.2) is 0 Å². The minimum atomic E-state index is -0.398. The second-order valence-corrected chi connectivity index (χ2v) is 4.85. The fourth-order valence-electron chi connectivity index (χ4n) is 2.31. The van der Waals surface area contributed by atoms with Crippen LogP contribution in [0.2, 0.25) is 0 Å². The SMILES string of the molecule is CCN1CCOC(CNc2nccc(C)c2[N+](=O)[O-])C1. The standard InChI is InChI=1S/C13H20N4O3/c1-3-16-6-7-20-11(9-16)8-15-13-12(17(18)19)10(2)4-5-14-13/h4-5,11H,3,6-9H2,1-2H3,(H,14,15). The minimum Gasteiger partial charge on any atom is -0.374 e. The van der Waals surface area contributed by atoms with Crippen molar-refractivity contribution in [3.63, 3.8) is 0 Å². The Morgan fingerprint density at radius 1 is 1.65 bits per heavy atom. The van der Waals surface area contributed by atoms with Gasteiger partial charge in [0, 0.05) is 31.4 Å². The summed E-state index contributed by atoms with van der Waals surface area (Å²) in [6, 6.07) is 1.64. The van der Waals surface area contributed by atoms with E-state index >= 15 is 0 Å². The Labute approximate surface area is 118 Å². The number of hydrogen-bond donors (Lipinski definition) is 1. The quantitative estimate of drug-likeness (QED) is 0.649. The van der Waals surface area contributed by atoms with Crippen LogP contribution < -0.4 is 5.32 Å². The predicted octanol–water partition coefficient (Wildman–Crippen LogP) is 1.43. The Morgan fingerprint density at radius 3 is 3.15 bits per heavy atom. The van der Waals surface area contributed by atoms with E-state index in [2.05, 4.69) is 22.1 Å². The van der Waals surface area contributed by atoms with Crippen molar-refractivity contribution in [3.8, 4) is 0 Å². The predicted molar refractivity (Wildman–Crippen MR) is 76.0 cm³/mol. The highest BCUT2D eigenvalue weighted by Gasteiger charge is 2.22. The second kappa shape index (κ2) is 6.62. The molecule has 1 saturated heterocycles. The van der Waals surface area contributed by atoms with E-state index in [4.69, 9.17) is 4.74 Å². The van der Waals surface area contributed by atoms with Crippen molar-refractivity contribution in [1.82, 2.24) is 9.88 Å². The Bertz CT molecular complexity index is 481. The first-order chi connectivity index (χ1) is 9.61. The molecule has 0 spiro atoms. The van der Waals surface area contributed by atoms with E-state index in [0.29, 0.717) is 24.5 Å². The van der Waals surface area contributed by atoms with Crippen LogP contribution in [0.3, 0.4) is 0 Å². The van der Waals surface area contributed by atoms with Crippen molar-refractivity contribution < 1.29 is 9.66 Å². The molecule has 110 valence electrons. The van der Waals surface area contributed by atoms with Gasteiger partial charge in [-0.05, 0) is 19.5 Å². The van der Waals surface area contributed by atoms with Gasteiger partial charge in [0.2, 0.25) is 5.82 Å². The molecule has 1 N–H and O–H groups in total. The van der Waals surface area contributed by atoms with Crippen LogP contribution in [0.25, 0.3) is 0 Å². The van der Waals surface area contributed by atoms with Crippen LogP contribution in [-0.2, 0) is 4.74 Å². The fourth-order valence-corrected chi connectivity index (χ4v) is 2.31. The zero-order valence-electron chi connectivity index (χ0n) is 11.8. The van der Waals surface area contributed by atoms with E-state index in [-0.39, 0.29) is 11.8 Å². The number of hydrogen-bond acceptors (Lipinski definition) is 6. The zero-order chi connectivity index (χ0) is 14.5. The number of aryl methyl sites for hydroxylation is 1. The van der Waals surface area contributed by atoms with Gasteiger partial charge in [0.05, 0.1) is 17.6 Å². The molecule has 0 bridgehead atoms. The molecule has 1 unspecified atom stereocenters. The number of nitrogens with one attached hydrogen (secondary N) is 1. The van der Waals surface area contributed by atoms with Crippen molar-refractivity contribution in [3.05, 3.63) is 27.9 Å². The summed E-state index contributed by atoms with van der Waals surface area (Å²) in [7, 11) is 0. The van der Waals surface area contributed by atoms with Gasteiger partial charge in [0.1, 0.15) is 0 Å². The van der Waals surface area contributed by atoms with E-state index in [9.17, 15) is 10.1 Å². The van der Waals surface area contributed by atoms with Crippen LogP contribution in [-0.4, -0.2) is 53.7 Å². The molecule has 1 aromatic heterocycles. The molecule has 7 nitrogen and oxygen atoms in total. The Morgan fingerprint density at radius 2 is 2.45 bits per heavy atom. The molecule has 0 radical (unpaired) electrons. The Hall–Kier alpha value is -1.73. The summed E-state index contributed by atoms with van der Waals surface area (Å²) in [5.41, 5.74) is 0.642. The summed E-state index contributed by atoms with van der Waals surface area (Å²) in [5, 5.41) is 14.1. The summed E-state index contributed by atoms with van der Waals surface area (Å²) < 4.78 is 5.66. The van der Waals surface area contributed by atoms with E-state index in [1.54, 1.807) is 19.2 Å². The maximum atomic E-state index is 11.1. The van der Waals surface area contributed by atoms with E-state index in [1.807, 2.05) is 0 Å². The molecular formula is C13H20N4O3. The van der Waals surface area contributed by atoms with Gasteiger partial charge in [0.25, 0.3) is 0 Å². The van der Waals surface area contributed by atoms with Gasteiger partial charge in [-0.15, -0.1) is 0 Å². The summed E-state index contributed by atoms with van der Waals surface area (Å²) in [4.78, 5) is 17.0. The van der Waals surface area contributed by atoms with E-state index in [1.165, 1.54) is 0 Å². The third-order valence-electron chi connectivity index (χ3n) is 3.48. The monoisotopic (exact) mass is 280 g/mol. The summed E-state index contributed by atoms with van der Waals surface area (Å²) in [5.74, 6) is 0.312. The third-order valence-corrected chi connectivity index (χ3v) is 3.48. The molecule has 0 amide bonds. The average Bonchev–Trinajstić information content (AvgIpc) is 2.45. The summed E-state index contributed by atoms with van der Waals surface area (Å²) in [6.45, 7) is 7.81. The smallest absolute Gasteiger partial charge is 0.314 e. The number of nitro groups is 1. The van der Waals surface area contributed by atoms with Crippen molar-refractivity contribution in [2.45, 2.75) is 20.0 Å². The van der Waals surface area contributed by atoms with Crippen LogP contribution in [0, 0.1) is 17.0 Å². The van der Waals surface area contributed by atoms with Gasteiger partial charge >= 0.3 is 5.69 Å². The van der Waals surface area contributed by atoms with Crippen LogP contribution in [0.4, 0.5) is 11.5 Å². The number of rotatable bonds is 5. The molecule has 1 fully saturated rings. The molecule has 2 heterocycles. The van der Waals surface area contributed by atoms with Crippen LogP contribution >= 0.6 is 0 Å². The van der Waals surface area contributed by atoms with Gasteiger partial charge in [-0.1, -0.05) is 6.92 Å². The van der Waals surface area contributed by atoms with Gasteiger partial charge in [-0.3, -0.25) is 15.0 Å². The number of aromatic nitrogens is 1. The number of nitrogens with zero attached hydrogens (tertiary/aromatic N) is 3. The van der Waals surface area contributed by atoms with Gasteiger partial charge in [-0.25, -0.2) is 4.98 Å². The van der Waals surface area contributed by atoms with E-state index in [0.717, 1.165) is 19.6 Å². The third kappa shape index (κ3) is 3.43. The number of likely N-dealkylation sites (N-methyl/N-ethyl adjacent to an activating group) is 1. The maximum Gasteiger partial charge on any atom is 0.314 e. The lowest BCUT2D eigenvalue weighted by atomic mass is 10.2. The van der Waals surface area contributed by atoms with Crippen LogP contribution in [0.5, 0.6) is 0 Å². The highest BCUT2D eigenvalue weighted by Crippen LogP contribution is 2.25. The average molecular weight is 280 g/mol. The molecule has 1 atom stereocenters. The fraction of sp³-hybridized carbons (Fsp3) is 0.615. The van der Waals surface area contributed by atoms with Gasteiger partial charge in [-0.2, -0.15) is 0 Å². The number of morpholine rings is 1. The minimum absolute atomic E-state index is 0.0330. The van der Waals surface area contributed by atoms with Crippen LogP contribution in [0.15, 0.2) is 12.3 Å². The van der Waals surface area contributed by atoms with Gasteiger partial charge < -0.3 is 10.1 Å². The van der Waals surface area contributed by atoms with E-state index < -0.39 is 4.92 Å². The lowest BCUT2D eigenvalue weighted by Crippen LogP contribution is -2.45. The molecule has 1 aliphatic heterocycles.